The van der Waals surface area contributed by atoms with Crippen molar-refractivity contribution in [2.24, 2.45) is 0 Å². The maximum absolute atomic E-state index is 12.2. The van der Waals surface area contributed by atoms with E-state index in [4.69, 9.17) is 4.74 Å². The molecule has 1 aliphatic heterocycles. The quantitative estimate of drug-likeness (QED) is 0.859. The van der Waals surface area contributed by atoms with Crippen LogP contribution in [0, 0.1) is 0 Å². The largest absolute Gasteiger partial charge is 0.379 e. The Labute approximate surface area is 143 Å². The van der Waals surface area contributed by atoms with E-state index in [1.54, 1.807) is 17.1 Å². The molecule has 1 aliphatic rings. The van der Waals surface area contributed by atoms with Crippen molar-refractivity contribution in [1.29, 1.82) is 0 Å². The molecule has 0 bridgehead atoms. The highest BCUT2D eigenvalue weighted by Gasteiger charge is 2.12. The van der Waals surface area contributed by atoms with Crippen molar-refractivity contribution in [1.82, 2.24) is 20.0 Å². The summed E-state index contributed by atoms with van der Waals surface area (Å²) in [7, 11) is 0. The monoisotopic (exact) mass is 378 g/mol. The van der Waals surface area contributed by atoms with Crippen molar-refractivity contribution in [3.8, 4) is 5.69 Å². The Kier molecular flexibility index (Phi) is 5.43. The first kappa shape index (κ1) is 16.2. The summed E-state index contributed by atoms with van der Waals surface area (Å²) in [5.41, 5.74) is 1.48. The number of rotatable bonds is 5. The predicted octanol–water partition coefficient (Wildman–Crippen LogP) is 1.70. The smallest absolute Gasteiger partial charge is 0.254 e. The van der Waals surface area contributed by atoms with Crippen molar-refractivity contribution in [2.45, 2.75) is 0 Å². The van der Waals surface area contributed by atoms with Gasteiger partial charge >= 0.3 is 0 Å². The van der Waals surface area contributed by atoms with Crippen molar-refractivity contribution < 1.29 is 9.53 Å². The fourth-order valence-corrected chi connectivity index (χ4v) is 2.69. The van der Waals surface area contributed by atoms with Crippen LogP contribution in [0.1, 0.15) is 10.4 Å². The van der Waals surface area contributed by atoms with Crippen LogP contribution in [0.15, 0.2) is 41.1 Å². The van der Waals surface area contributed by atoms with Gasteiger partial charge in [0, 0.05) is 36.8 Å². The maximum atomic E-state index is 12.2. The highest BCUT2D eigenvalue weighted by atomic mass is 79.9. The summed E-state index contributed by atoms with van der Waals surface area (Å²) in [6.45, 7) is 4.87. The third kappa shape index (κ3) is 4.40. The van der Waals surface area contributed by atoms with Crippen LogP contribution in [0.2, 0.25) is 0 Å². The van der Waals surface area contributed by atoms with Gasteiger partial charge in [0.2, 0.25) is 0 Å². The number of carbonyl (C=O) groups is 1. The van der Waals surface area contributed by atoms with Gasteiger partial charge in [-0.15, -0.1) is 0 Å². The number of nitrogens with one attached hydrogen (secondary N) is 1. The number of morpholine rings is 1. The lowest BCUT2D eigenvalue weighted by molar-refractivity contribution is 0.0383. The lowest BCUT2D eigenvalue weighted by Crippen LogP contribution is -2.41. The molecule has 3 rings (SSSR count). The van der Waals surface area contributed by atoms with E-state index in [1.165, 1.54) is 0 Å². The minimum absolute atomic E-state index is 0.0957. The van der Waals surface area contributed by atoms with Gasteiger partial charge in [0.05, 0.1) is 30.7 Å². The van der Waals surface area contributed by atoms with Crippen LogP contribution < -0.4 is 5.32 Å². The fraction of sp³-hybridized carbons (Fsp3) is 0.375. The van der Waals surface area contributed by atoms with Gasteiger partial charge in [-0.1, -0.05) is 15.9 Å². The molecular weight excluding hydrogens is 360 g/mol. The minimum Gasteiger partial charge on any atom is -0.379 e. The molecule has 0 atom stereocenters. The van der Waals surface area contributed by atoms with E-state index >= 15 is 0 Å². The van der Waals surface area contributed by atoms with Gasteiger partial charge < -0.3 is 10.1 Å². The van der Waals surface area contributed by atoms with E-state index in [-0.39, 0.29) is 5.91 Å². The summed E-state index contributed by atoms with van der Waals surface area (Å²) in [5.74, 6) is -0.0957. The molecule has 0 radical (unpaired) electrons. The first-order valence-corrected chi connectivity index (χ1v) is 8.40. The third-order valence-electron chi connectivity index (χ3n) is 3.75. The van der Waals surface area contributed by atoms with Crippen molar-refractivity contribution in [3.63, 3.8) is 0 Å². The Morgan fingerprint density at radius 1 is 1.26 bits per heavy atom. The molecule has 0 spiro atoms. The molecule has 1 N–H and O–H groups in total. The lowest BCUT2D eigenvalue weighted by atomic mass is 10.3. The van der Waals surface area contributed by atoms with Gasteiger partial charge in [0.15, 0.2) is 0 Å². The summed E-state index contributed by atoms with van der Waals surface area (Å²) in [4.78, 5) is 14.5. The van der Waals surface area contributed by atoms with Crippen LogP contribution in [-0.2, 0) is 4.74 Å². The number of hydrogen-bond acceptors (Lipinski definition) is 4. The van der Waals surface area contributed by atoms with Crippen molar-refractivity contribution >= 4 is 21.8 Å². The minimum atomic E-state index is -0.0957. The van der Waals surface area contributed by atoms with Gasteiger partial charge in [-0.05, 0) is 24.3 Å². The highest BCUT2D eigenvalue weighted by Crippen LogP contribution is 2.14. The van der Waals surface area contributed by atoms with Crippen LogP contribution >= 0.6 is 15.9 Å². The molecule has 1 amide bonds. The zero-order chi connectivity index (χ0) is 16.1. The normalized spacial score (nSPS) is 15.5. The number of ether oxygens (including phenoxy) is 1. The van der Waals surface area contributed by atoms with Crippen molar-refractivity contribution in [3.05, 3.63) is 46.7 Å². The van der Waals surface area contributed by atoms with Crippen LogP contribution in [0.5, 0.6) is 0 Å². The number of amides is 1. The number of carbonyl (C=O) groups excluding carboxylic acids is 1. The zero-order valence-corrected chi connectivity index (χ0v) is 14.3. The van der Waals surface area contributed by atoms with E-state index in [2.05, 4.69) is 31.2 Å². The molecule has 1 aromatic carbocycles. The number of nitrogens with zero attached hydrogens (tertiary/aromatic N) is 3. The highest BCUT2D eigenvalue weighted by molar-refractivity contribution is 9.10. The Hall–Kier alpha value is -1.70. The van der Waals surface area contributed by atoms with Gasteiger partial charge in [0.25, 0.3) is 5.91 Å². The van der Waals surface area contributed by atoms with E-state index < -0.39 is 0 Å². The second-order valence-electron chi connectivity index (χ2n) is 5.36. The SMILES string of the molecule is O=C(NCCN1CCOCC1)c1cnn(-c2ccc(Br)cc2)c1. The van der Waals surface area contributed by atoms with E-state index in [0.717, 1.165) is 43.0 Å². The average molecular weight is 379 g/mol. The van der Waals surface area contributed by atoms with E-state index in [0.29, 0.717) is 12.1 Å². The lowest BCUT2D eigenvalue weighted by Gasteiger charge is -2.26. The molecule has 1 fully saturated rings. The molecule has 23 heavy (non-hydrogen) atoms. The Morgan fingerprint density at radius 3 is 2.74 bits per heavy atom. The predicted molar refractivity (Wildman–Crippen MR) is 90.9 cm³/mol. The molecule has 1 saturated heterocycles. The fourth-order valence-electron chi connectivity index (χ4n) is 2.43. The molecule has 1 aromatic heterocycles. The molecule has 6 nitrogen and oxygen atoms in total. The second-order valence-corrected chi connectivity index (χ2v) is 6.28. The maximum Gasteiger partial charge on any atom is 0.254 e. The van der Waals surface area contributed by atoms with E-state index in [9.17, 15) is 4.79 Å². The molecular formula is C16H19BrN4O2. The topological polar surface area (TPSA) is 59.4 Å². The molecule has 0 saturated carbocycles. The summed E-state index contributed by atoms with van der Waals surface area (Å²) >= 11 is 3.40. The van der Waals surface area contributed by atoms with Crippen LogP contribution in [0.4, 0.5) is 0 Å². The molecule has 2 heterocycles. The molecule has 122 valence electrons. The summed E-state index contributed by atoms with van der Waals surface area (Å²) in [6, 6.07) is 7.77. The third-order valence-corrected chi connectivity index (χ3v) is 4.28. The summed E-state index contributed by atoms with van der Waals surface area (Å²) < 4.78 is 8.01. The Morgan fingerprint density at radius 2 is 2.00 bits per heavy atom. The summed E-state index contributed by atoms with van der Waals surface area (Å²) in [5, 5.41) is 7.19. The standard InChI is InChI=1S/C16H19BrN4O2/c17-14-1-3-15(4-2-14)21-12-13(11-19-21)16(22)18-5-6-20-7-9-23-10-8-20/h1-4,11-12H,5-10H2,(H,18,22). The average Bonchev–Trinajstić information content (AvgIpc) is 3.06. The number of hydrogen-bond donors (Lipinski definition) is 1. The zero-order valence-electron chi connectivity index (χ0n) is 12.7. The molecule has 2 aromatic rings. The first-order chi connectivity index (χ1) is 11.2. The number of aromatic nitrogens is 2. The molecule has 0 aliphatic carbocycles. The first-order valence-electron chi connectivity index (χ1n) is 7.61. The van der Waals surface area contributed by atoms with Gasteiger partial charge in [-0.25, -0.2) is 4.68 Å². The van der Waals surface area contributed by atoms with E-state index in [1.807, 2.05) is 24.3 Å². The number of halogens is 1. The van der Waals surface area contributed by atoms with Gasteiger partial charge in [-0.2, -0.15) is 5.10 Å². The van der Waals surface area contributed by atoms with Crippen LogP contribution in [0.25, 0.3) is 5.69 Å². The van der Waals surface area contributed by atoms with Crippen molar-refractivity contribution in [2.75, 3.05) is 39.4 Å². The molecule has 7 heteroatoms. The Bertz CT molecular complexity index is 650. The van der Waals surface area contributed by atoms with Crippen LogP contribution in [0.3, 0.4) is 0 Å². The Balaban J connectivity index is 1.52. The summed E-state index contributed by atoms with van der Waals surface area (Å²) in [6.07, 6.45) is 3.33. The molecule has 0 unspecified atom stereocenters. The second kappa shape index (κ2) is 7.72. The van der Waals surface area contributed by atoms with Gasteiger partial charge in [-0.3, -0.25) is 9.69 Å². The number of benzene rings is 1. The van der Waals surface area contributed by atoms with Crippen LogP contribution in [-0.4, -0.2) is 60.0 Å². The van der Waals surface area contributed by atoms with Gasteiger partial charge in [0.1, 0.15) is 0 Å².